The van der Waals surface area contributed by atoms with Gasteiger partial charge in [-0.15, -0.1) is 0 Å². The highest BCUT2D eigenvalue weighted by Crippen LogP contribution is 2.28. The second kappa shape index (κ2) is 12.0. The van der Waals surface area contributed by atoms with Crippen molar-refractivity contribution in [3.05, 3.63) is 0 Å². The van der Waals surface area contributed by atoms with E-state index in [2.05, 4.69) is 0 Å². The van der Waals surface area contributed by atoms with Crippen molar-refractivity contribution in [2.75, 3.05) is 19.8 Å². The van der Waals surface area contributed by atoms with E-state index < -0.39 is 99.5 Å². The molecule has 188 valence electrons. The van der Waals surface area contributed by atoms with Gasteiger partial charge in [-0.25, -0.2) is 0 Å². The summed E-state index contributed by atoms with van der Waals surface area (Å²) >= 11 is 0. The number of hydrogen-bond donors (Lipinski definition) is 10. The van der Waals surface area contributed by atoms with Gasteiger partial charge >= 0.3 is 0 Å². The van der Waals surface area contributed by atoms with Gasteiger partial charge in [0.15, 0.2) is 18.9 Å². The van der Waals surface area contributed by atoms with Crippen LogP contribution >= 0.6 is 0 Å². The van der Waals surface area contributed by atoms with E-state index in [-0.39, 0.29) is 6.29 Å². The molecule has 0 aromatic rings. The van der Waals surface area contributed by atoms with Crippen LogP contribution < -0.4 is 0 Å². The smallest absolute Gasteiger partial charge is 0.187 e. The van der Waals surface area contributed by atoms with E-state index >= 15 is 0 Å². The van der Waals surface area contributed by atoms with E-state index in [0.29, 0.717) is 0 Å². The zero-order valence-electron chi connectivity index (χ0n) is 16.7. The summed E-state index contributed by atoms with van der Waals surface area (Å²) in [6, 6.07) is 0. The molecule has 0 aromatic carbocycles. The highest BCUT2D eigenvalue weighted by molar-refractivity contribution is 5.57. The third-order valence-corrected chi connectivity index (χ3v) is 5.31. The van der Waals surface area contributed by atoms with E-state index in [4.69, 9.17) is 29.2 Å². The van der Waals surface area contributed by atoms with Gasteiger partial charge in [-0.1, -0.05) is 0 Å². The van der Waals surface area contributed by atoms with E-state index in [0.717, 1.165) is 0 Å². The highest BCUT2D eigenvalue weighted by Gasteiger charge is 2.49. The Morgan fingerprint density at radius 2 is 1.22 bits per heavy atom. The van der Waals surface area contributed by atoms with Crippen LogP contribution in [0.5, 0.6) is 0 Å². The van der Waals surface area contributed by atoms with Crippen molar-refractivity contribution in [3.8, 4) is 0 Å². The largest absolute Gasteiger partial charge is 0.394 e. The minimum atomic E-state index is -2.06. The Kier molecular flexibility index (Phi) is 10.3. The summed E-state index contributed by atoms with van der Waals surface area (Å²) in [6.45, 7) is -2.48. The van der Waals surface area contributed by atoms with Crippen molar-refractivity contribution >= 4 is 6.29 Å². The average Bonchev–Trinajstić information content (AvgIpc) is 3.07. The fourth-order valence-electron chi connectivity index (χ4n) is 3.33. The van der Waals surface area contributed by atoms with Crippen LogP contribution in [-0.2, 0) is 23.7 Å². The Labute approximate surface area is 181 Å². The fraction of sp³-hybridized carbons (Fsp3) is 0.941. The number of carbonyl (C=O) groups excluding carboxylic acids is 1. The van der Waals surface area contributed by atoms with Crippen LogP contribution in [-0.4, -0.2) is 157 Å². The zero-order valence-corrected chi connectivity index (χ0v) is 16.7. The van der Waals surface area contributed by atoms with Crippen LogP contribution in [0.4, 0.5) is 0 Å². The van der Waals surface area contributed by atoms with Crippen molar-refractivity contribution in [2.45, 2.75) is 79.7 Å². The van der Waals surface area contributed by atoms with Crippen LogP contribution in [0.15, 0.2) is 0 Å². The lowest BCUT2D eigenvalue weighted by molar-refractivity contribution is -0.331. The first kappa shape index (κ1) is 27.4. The van der Waals surface area contributed by atoms with Gasteiger partial charge in [0.25, 0.3) is 0 Å². The van der Waals surface area contributed by atoms with E-state index in [1.165, 1.54) is 0 Å². The molecule has 2 heterocycles. The maximum atomic E-state index is 11.7. The van der Waals surface area contributed by atoms with Gasteiger partial charge in [0.05, 0.1) is 19.8 Å². The summed E-state index contributed by atoms with van der Waals surface area (Å²) in [5, 5.41) is 97.4. The molecule has 0 aromatic heterocycles. The first-order valence-electron chi connectivity index (χ1n) is 9.77. The fourth-order valence-corrected chi connectivity index (χ4v) is 3.33. The number of aliphatic hydroxyl groups excluding tert-OH is 10. The SMILES string of the molecule is O=C[C@@H](O[C@@H]1O[C@H](CO)[C@H](O)[C@H]1O)[C@@H](O[C@H]1O[C@H](CO)[C@@H](O)[C@H](O)[C@@H]1O)[C@H](O)[C@H](O)CO. The summed E-state index contributed by atoms with van der Waals surface area (Å²) in [6.07, 6.45) is -22.7. The third-order valence-electron chi connectivity index (χ3n) is 5.31. The average molecular weight is 474 g/mol. The van der Waals surface area contributed by atoms with Crippen LogP contribution in [0.1, 0.15) is 0 Å². The highest BCUT2D eigenvalue weighted by atomic mass is 16.7. The monoisotopic (exact) mass is 474 g/mol. The second-order valence-corrected chi connectivity index (χ2v) is 7.48. The molecule has 2 saturated heterocycles. The molecule has 10 N–H and O–H groups in total. The Morgan fingerprint density at radius 1 is 0.750 bits per heavy atom. The lowest BCUT2D eigenvalue weighted by Gasteiger charge is -2.42. The van der Waals surface area contributed by atoms with Crippen molar-refractivity contribution in [1.82, 2.24) is 0 Å². The van der Waals surface area contributed by atoms with Crippen molar-refractivity contribution in [3.63, 3.8) is 0 Å². The molecule has 0 radical (unpaired) electrons. The lowest BCUT2D eigenvalue weighted by atomic mass is 9.98. The van der Waals surface area contributed by atoms with Crippen LogP contribution in [0.2, 0.25) is 0 Å². The Bertz CT molecular complexity index is 578. The standard InChI is InChI=1S/C17H30O15/c18-1-5(22)9(23)15(32-17-14(28)12(26)10(24)6(2-19)30-17)8(4-21)31-16-13(27)11(25)7(3-20)29-16/h4-20,22-28H,1-3H2/t5-,6-,7-,8-,9-,10-,11+,12+,13-,14+,15-,16+,17-/m1/s1. The third kappa shape index (κ3) is 5.78. The molecule has 0 unspecified atom stereocenters. The number of carbonyl (C=O) groups is 1. The van der Waals surface area contributed by atoms with Crippen LogP contribution in [0.3, 0.4) is 0 Å². The Balaban J connectivity index is 2.24. The Morgan fingerprint density at radius 3 is 1.69 bits per heavy atom. The van der Waals surface area contributed by atoms with Gasteiger partial charge in [-0.2, -0.15) is 0 Å². The summed E-state index contributed by atoms with van der Waals surface area (Å²) < 4.78 is 20.8. The number of rotatable bonds is 11. The van der Waals surface area contributed by atoms with Crippen molar-refractivity contribution in [2.24, 2.45) is 0 Å². The molecule has 2 fully saturated rings. The molecule has 0 amide bonds. The molecule has 0 spiro atoms. The minimum absolute atomic E-state index is 0.0662. The minimum Gasteiger partial charge on any atom is -0.394 e. The number of hydrogen-bond acceptors (Lipinski definition) is 15. The van der Waals surface area contributed by atoms with Gasteiger partial charge in [0.2, 0.25) is 0 Å². The maximum absolute atomic E-state index is 11.7. The summed E-state index contributed by atoms with van der Waals surface area (Å²) in [5.41, 5.74) is 0. The molecule has 15 heteroatoms. The number of aliphatic hydroxyl groups is 10. The molecule has 2 aliphatic rings. The van der Waals surface area contributed by atoms with Crippen LogP contribution in [0.25, 0.3) is 0 Å². The van der Waals surface area contributed by atoms with Gasteiger partial charge in [-0.3, -0.25) is 0 Å². The molecule has 2 aliphatic heterocycles. The van der Waals surface area contributed by atoms with E-state index in [1.54, 1.807) is 0 Å². The quantitative estimate of drug-likeness (QED) is 0.125. The van der Waals surface area contributed by atoms with E-state index in [1.807, 2.05) is 0 Å². The molecular weight excluding hydrogens is 444 g/mol. The predicted molar refractivity (Wildman–Crippen MR) is 96.4 cm³/mol. The van der Waals surface area contributed by atoms with Crippen molar-refractivity contribution in [1.29, 1.82) is 0 Å². The predicted octanol–water partition coefficient (Wildman–Crippen LogP) is -7.09. The first-order chi connectivity index (χ1) is 15.1. The van der Waals surface area contributed by atoms with Gasteiger partial charge in [0, 0.05) is 0 Å². The molecule has 32 heavy (non-hydrogen) atoms. The van der Waals surface area contributed by atoms with Crippen molar-refractivity contribution < 1.29 is 74.8 Å². The number of ether oxygens (including phenoxy) is 4. The normalized spacial score (nSPS) is 41.8. The van der Waals surface area contributed by atoms with Gasteiger partial charge in [0.1, 0.15) is 67.1 Å². The Hall–Kier alpha value is -0.890. The molecule has 0 bridgehead atoms. The second-order valence-electron chi connectivity index (χ2n) is 7.48. The first-order valence-corrected chi connectivity index (χ1v) is 9.77. The topological polar surface area (TPSA) is 256 Å². The number of aldehydes is 1. The molecule has 2 rings (SSSR count). The lowest BCUT2D eigenvalue weighted by Crippen LogP contribution is -2.62. The van der Waals surface area contributed by atoms with Gasteiger partial charge in [-0.05, 0) is 0 Å². The molecule has 15 nitrogen and oxygen atoms in total. The molecule has 0 saturated carbocycles. The molecule has 0 aliphatic carbocycles. The summed E-state index contributed by atoms with van der Waals surface area (Å²) in [5.74, 6) is 0. The van der Waals surface area contributed by atoms with Crippen LogP contribution in [0, 0.1) is 0 Å². The zero-order chi connectivity index (χ0) is 24.2. The maximum Gasteiger partial charge on any atom is 0.187 e. The van der Waals surface area contributed by atoms with Gasteiger partial charge < -0.3 is 74.8 Å². The summed E-state index contributed by atoms with van der Waals surface area (Å²) in [7, 11) is 0. The molecular formula is C17H30O15. The summed E-state index contributed by atoms with van der Waals surface area (Å²) in [4.78, 5) is 11.7. The molecule has 13 atom stereocenters. The van der Waals surface area contributed by atoms with E-state index in [9.17, 15) is 45.6 Å².